The zero-order valence-electron chi connectivity index (χ0n) is 15.7. The van der Waals surface area contributed by atoms with Crippen LogP contribution in [0.15, 0.2) is 42.5 Å². The van der Waals surface area contributed by atoms with Gasteiger partial charge in [0.15, 0.2) is 0 Å². The molecule has 6 rings (SSSR count). The van der Waals surface area contributed by atoms with Crippen molar-refractivity contribution in [2.24, 2.45) is 23.2 Å². The lowest BCUT2D eigenvalue weighted by Crippen LogP contribution is -2.59. The van der Waals surface area contributed by atoms with Crippen molar-refractivity contribution in [1.82, 2.24) is 5.32 Å². The Bertz CT molecular complexity index is 819. The highest BCUT2D eigenvalue weighted by molar-refractivity contribution is 5.76. The Hall–Kier alpha value is -1.60. The van der Waals surface area contributed by atoms with Crippen LogP contribution in [0.5, 0.6) is 0 Å². The van der Waals surface area contributed by atoms with E-state index in [0.717, 1.165) is 30.7 Å². The molecule has 4 aliphatic carbocycles. The fourth-order valence-corrected chi connectivity index (χ4v) is 5.98. The molecule has 0 saturated heterocycles. The van der Waals surface area contributed by atoms with Crippen molar-refractivity contribution in [1.29, 1.82) is 0 Å². The topological polar surface area (TPSA) is 12.0 Å². The highest BCUT2D eigenvalue weighted by Gasteiger charge is 2.55. The van der Waals surface area contributed by atoms with E-state index in [1.807, 2.05) is 0 Å². The van der Waals surface area contributed by atoms with Crippen LogP contribution in [0.25, 0.3) is 11.1 Å². The van der Waals surface area contributed by atoms with E-state index in [1.54, 1.807) is 0 Å². The molecule has 2 bridgehead atoms. The first-order valence-corrected chi connectivity index (χ1v) is 9.97. The standard InChI is InChI=1S/C24H29N/c1-15-22-12-19(24(22,2)3)13-23(15)25-14-16-8-9-21-18(10-16)11-17-6-4-5-7-20(17)21/h4-10,15,19,22-23,25H,11-14H2,1-3H3/t15-,19+,22-,23-/m0/s1. The van der Waals surface area contributed by atoms with Crippen LogP contribution in [0.1, 0.15) is 50.3 Å². The van der Waals surface area contributed by atoms with Crippen molar-refractivity contribution < 1.29 is 0 Å². The first-order chi connectivity index (χ1) is 12.0. The van der Waals surface area contributed by atoms with Gasteiger partial charge >= 0.3 is 0 Å². The summed E-state index contributed by atoms with van der Waals surface area (Å²) in [6.45, 7) is 8.45. The average Bonchev–Trinajstić information content (AvgIpc) is 2.98. The van der Waals surface area contributed by atoms with Crippen LogP contribution in [-0.2, 0) is 13.0 Å². The normalized spacial score (nSPS) is 31.2. The summed E-state index contributed by atoms with van der Waals surface area (Å²) in [5.41, 5.74) is 7.87. The van der Waals surface area contributed by atoms with E-state index in [9.17, 15) is 0 Å². The Morgan fingerprint density at radius 2 is 1.80 bits per heavy atom. The summed E-state index contributed by atoms with van der Waals surface area (Å²) in [6, 6.07) is 16.6. The van der Waals surface area contributed by atoms with Crippen molar-refractivity contribution in [3.05, 3.63) is 59.2 Å². The molecule has 1 heteroatoms. The lowest BCUT2D eigenvalue weighted by atomic mass is 9.45. The summed E-state index contributed by atoms with van der Waals surface area (Å²) >= 11 is 0. The van der Waals surface area contributed by atoms with Gasteiger partial charge in [0.2, 0.25) is 0 Å². The SMILES string of the molecule is C[C@@H]1[C@@H](NCc2ccc3c(c2)Cc2ccccc2-3)C[C@H]2C[C@@H]1C2(C)C. The maximum absolute atomic E-state index is 3.90. The van der Waals surface area contributed by atoms with E-state index in [0.29, 0.717) is 11.5 Å². The number of fused-ring (bicyclic) bond motifs is 5. The van der Waals surface area contributed by atoms with Gasteiger partial charge in [0.25, 0.3) is 0 Å². The fourth-order valence-electron chi connectivity index (χ4n) is 5.98. The minimum Gasteiger partial charge on any atom is -0.310 e. The molecule has 3 saturated carbocycles. The Morgan fingerprint density at radius 3 is 2.60 bits per heavy atom. The molecule has 0 radical (unpaired) electrons. The van der Waals surface area contributed by atoms with Crippen molar-refractivity contribution in [2.75, 3.05) is 0 Å². The van der Waals surface area contributed by atoms with E-state index in [1.165, 1.54) is 40.7 Å². The van der Waals surface area contributed by atoms with Crippen molar-refractivity contribution in [3.63, 3.8) is 0 Å². The average molecular weight is 332 g/mol. The number of rotatable bonds is 3. The summed E-state index contributed by atoms with van der Waals surface area (Å²) in [5, 5.41) is 3.90. The molecule has 4 aliphatic rings. The summed E-state index contributed by atoms with van der Waals surface area (Å²) in [4.78, 5) is 0. The van der Waals surface area contributed by atoms with Crippen LogP contribution in [0, 0.1) is 23.2 Å². The fraction of sp³-hybridized carbons (Fsp3) is 0.500. The third kappa shape index (κ3) is 2.32. The van der Waals surface area contributed by atoms with Crippen LogP contribution < -0.4 is 5.32 Å². The summed E-state index contributed by atoms with van der Waals surface area (Å²) in [6.07, 6.45) is 3.92. The largest absolute Gasteiger partial charge is 0.310 e. The molecule has 25 heavy (non-hydrogen) atoms. The van der Waals surface area contributed by atoms with Crippen molar-refractivity contribution in [3.8, 4) is 11.1 Å². The maximum Gasteiger partial charge on any atom is 0.0208 e. The zero-order valence-corrected chi connectivity index (χ0v) is 15.7. The molecular formula is C24H29N. The maximum atomic E-state index is 3.90. The second-order valence-corrected chi connectivity index (χ2v) is 9.27. The van der Waals surface area contributed by atoms with Gasteiger partial charge in [0.05, 0.1) is 0 Å². The molecule has 1 N–H and O–H groups in total. The van der Waals surface area contributed by atoms with Crippen LogP contribution in [-0.4, -0.2) is 6.04 Å². The number of hydrogen-bond acceptors (Lipinski definition) is 1. The van der Waals surface area contributed by atoms with Gasteiger partial charge in [0, 0.05) is 12.6 Å². The van der Waals surface area contributed by atoms with Crippen LogP contribution >= 0.6 is 0 Å². The Morgan fingerprint density at radius 1 is 1.00 bits per heavy atom. The first kappa shape index (κ1) is 15.6. The molecule has 4 atom stereocenters. The smallest absolute Gasteiger partial charge is 0.0208 e. The lowest BCUT2D eigenvalue weighted by molar-refractivity contribution is -0.115. The van der Waals surface area contributed by atoms with Gasteiger partial charge in [-0.05, 0) is 70.2 Å². The highest BCUT2D eigenvalue weighted by Crippen LogP contribution is 2.61. The molecule has 0 aromatic heterocycles. The predicted octanol–water partition coefficient (Wildman–Crippen LogP) is 5.42. The third-order valence-electron chi connectivity index (χ3n) is 7.78. The highest BCUT2D eigenvalue weighted by atomic mass is 14.9. The molecule has 0 amide bonds. The summed E-state index contributed by atoms with van der Waals surface area (Å²) in [5.74, 6) is 2.65. The van der Waals surface area contributed by atoms with Gasteiger partial charge in [0.1, 0.15) is 0 Å². The Labute approximate surface area is 151 Å². The van der Waals surface area contributed by atoms with Crippen LogP contribution in [0.2, 0.25) is 0 Å². The van der Waals surface area contributed by atoms with Crippen LogP contribution in [0.3, 0.4) is 0 Å². The second kappa shape index (κ2) is 5.45. The molecule has 130 valence electrons. The number of nitrogens with one attached hydrogen (secondary N) is 1. The molecule has 0 spiro atoms. The minimum atomic E-state index is 0.580. The third-order valence-corrected chi connectivity index (χ3v) is 7.78. The van der Waals surface area contributed by atoms with E-state index in [-0.39, 0.29) is 0 Å². The van der Waals surface area contributed by atoms with Crippen LogP contribution in [0.4, 0.5) is 0 Å². The molecule has 0 aliphatic heterocycles. The lowest BCUT2D eigenvalue weighted by Gasteiger charge is -2.62. The molecule has 1 nitrogen and oxygen atoms in total. The molecule has 2 aromatic rings. The number of benzene rings is 2. The summed E-state index contributed by atoms with van der Waals surface area (Å²) < 4.78 is 0. The Kier molecular flexibility index (Phi) is 3.41. The van der Waals surface area contributed by atoms with E-state index >= 15 is 0 Å². The van der Waals surface area contributed by atoms with Gasteiger partial charge in [-0.25, -0.2) is 0 Å². The monoisotopic (exact) mass is 331 g/mol. The first-order valence-electron chi connectivity index (χ1n) is 9.97. The van der Waals surface area contributed by atoms with Gasteiger partial charge < -0.3 is 5.32 Å². The molecule has 0 unspecified atom stereocenters. The van der Waals surface area contributed by atoms with Crippen molar-refractivity contribution >= 4 is 0 Å². The van der Waals surface area contributed by atoms with Gasteiger partial charge in [-0.15, -0.1) is 0 Å². The van der Waals surface area contributed by atoms with Gasteiger partial charge in [-0.1, -0.05) is 63.2 Å². The van der Waals surface area contributed by atoms with E-state index < -0.39 is 0 Å². The van der Waals surface area contributed by atoms with Gasteiger partial charge in [-0.2, -0.15) is 0 Å². The molecule has 2 aromatic carbocycles. The zero-order chi connectivity index (χ0) is 17.2. The van der Waals surface area contributed by atoms with E-state index in [4.69, 9.17) is 0 Å². The second-order valence-electron chi connectivity index (χ2n) is 9.27. The molecular weight excluding hydrogens is 302 g/mol. The predicted molar refractivity (Wildman–Crippen MR) is 104 cm³/mol. The van der Waals surface area contributed by atoms with Gasteiger partial charge in [-0.3, -0.25) is 0 Å². The van der Waals surface area contributed by atoms with E-state index in [2.05, 4.69) is 68.6 Å². The summed E-state index contributed by atoms with van der Waals surface area (Å²) in [7, 11) is 0. The molecule has 3 fully saturated rings. The molecule has 0 heterocycles. The van der Waals surface area contributed by atoms with Crippen molar-refractivity contribution in [2.45, 2.75) is 52.6 Å². The minimum absolute atomic E-state index is 0.580. The number of hydrogen-bond donors (Lipinski definition) is 1. The Balaban J connectivity index is 1.28. The quantitative estimate of drug-likeness (QED) is 0.676.